The van der Waals surface area contributed by atoms with Gasteiger partial charge in [-0.05, 0) is 49.2 Å². The zero-order valence-corrected chi connectivity index (χ0v) is 17.0. The number of imide groups is 1. The molecule has 1 aliphatic carbocycles. The third-order valence-electron chi connectivity index (χ3n) is 5.71. The Balaban J connectivity index is 1.25. The highest BCUT2D eigenvalue weighted by atomic mass is 32.1. The fourth-order valence-electron chi connectivity index (χ4n) is 4.17. The van der Waals surface area contributed by atoms with Crippen molar-refractivity contribution < 1.29 is 14.4 Å². The number of nitrogens with one attached hydrogen (secondary N) is 2. The predicted molar refractivity (Wildman–Crippen MR) is 115 cm³/mol. The number of amides is 4. The van der Waals surface area contributed by atoms with Gasteiger partial charge in [-0.3, -0.25) is 14.5 Å². The van der Waals surface area contributed by atoms with Crippen LogP contribution in [-0.2, 0) is 9.59 Å². The standard InChI is InChI=1S/C22H20N4O3S/c27-18(13-26-20(28)22(25-21(26)29)11-3-4-12-22)23-15-9-7-14(8-10-15)19-24-16-5-1-2-6-17(16)30-19/h1-2,5-10H,3-4,11-13H2,(H,23,27)(H,25,29). The van der Waals surface area contributed by atoms with Crippen LogP contribution in [0.4, 0.5) is 10.5 Å². The van der Waals surface area contributed by atoms with E-state index in [0.29, 0.717) is 18.5 Å². The third-order valence-corrected chi connectivity index (χ3v) is 6.80. The molecule has 2 aliphatic rings. The molecule has 0 radical (unpaired) electrons. The molecule has 1 saturated carbocycles. The van der Waals surface area contributed by atoms with Crippen molar-refractivity contribution in [2.45, 2.75) is 31.2 Å². The normalized spacial score (nSPS) is 17.7. The number of aromatic nitrogens is 1. The minimum absolute atomic E-state index is 0.286. The monoisotopic (exact) mass is 420 g/mol. The van der Waals surface area contributed by atoms with E-state index in [1.165, 1.54) is 0 Å². The number of fused-ring (bicyclic) bond motifs is 1. The second-order valence-electron chi connectivity index (χ2n) is 7.72. The summed E-state index contributed by atoms with van der Waals surface area (Å²) in [6.07, 6.45) is 3.10. The van der Waals surface area contributed by atoms with Gasteiger partial charge in [0, 0.05) is 11.3 Å². The van der Waals surface area contributed by atoms with Crippen LogP contribution in [0, 0.1) is 0 Å². The van der Waals surface area contributed by atoms with E-state index < -0.39 is 17.5 Å². The summed E-state index contributed by atoms with van der Waals surface area (Å²) in [6, 6.07) is 14.9. The number of para-hydroxylation sites is 1. The summed E-state index contributed by atoms with van der Waals surface area (Å²) < 4.78 is 1.12. The van der Waals surface area contributed by atoms with Gasteiger partial charge in [0.05, 0.1) is 10.2 Å². The van der Waals surface area contributed by atoms with Gasteiger partial charge in [0.1, 0.15) is 17.1 Å². The Kier molecular flexibility index (Phi) is 4.51. The average molecular weight is 420 g/mol. The molecule has 2 N–H and O–H groups in total. The quantitative estimate of drug-likeness (QED) is 0.629. The number of rotatable bonds is 4. The molecule has 5 rings (SSSR count). The second-order valence-corrected chi connectivity index (χ2v) is 8.75. The molecule has 152 valence electrons. The largest absolute Gasteiger partial charge is 0.325 e. The second kappa shape index (κ2) is 7.21. The molecule has 7 nitrogen and oxygen atoms in total. The molecule has 1 aliphatic heterocycles. The average Bonchev–Trinajstić information content (AvgIpc) is 3.44. The molecule has 1 saturated heterocycles. The van der Waals surface area contributed by atoms with Gasteiger partial charge in [-0.2, -0.15) is 0 Å². The van der Waals surface area contributed by atoms with E-state index in [-0.39, 0.29) is 12.5 Å². The molecule has 8 heteroatoms. The topological polar surface area (TPSA) is 91.4 Å². The van der Waals surface area contributed by atoms with Gasteiger partial charge in [0.2, 0.25) is 5.91 Å². The van der Waals surface area contributed by atoms with Crippen molar-refractivity contribution in [2.75, 3.05) is 11.9 Å². The van der Waals surface area contributed by atoms with Crippen molar-refractivity contribution in [3.63, 3.8) is 0 Å². The molecule has 3 aromatic rings. The van der Waals surface area contributed by atoms with E-state index in [1.807, 2.05) is 36.4 Å². The number of carbonyl (C=O) groups is 3. The summed E-state index contributed by atoms with van der Waals surface area (Å²) in [5.41, 5.74) is 1.73. The maximum atomic E-state index is 12.7. The Labute approximate surface area is 177 Å². The number of thiazole rings is 1. The van der Waals surface area contributed by atoms with Crippen molar-refractivity contribution in [3.05, 3.63) is 48.5 Å². The van der Waals surface area contributed by atoms with Crippen LogP contribution in [0.1, 0.15) is 25.7 Å². The van der Waals surface area contributed by atoms with Crippen LogP contribution in [0.2, 0.25) is 0 Å². The smallest absolute Gasteiger partial charge is 0.325 e. The molecule has 1 aromatic heterocycles. The zero-order chi connectivity index (χ0) is 20.7. The number of nitrogens with zero attached hydrogens (tertiary/aromatic N) is 2. The molecule has 2 fully saturated rings. The predicted octanol–water partition coefficient (Wildman–Crippen LogP) is 3.77. The van der Waals surface area contributed by atoms with E-state index in [0.717, 1.165) is 38.5 Å². The van der Waals surface area contributed by atoms with E-state index >= 15 is 0 Å². The molecule has 0 atom stereocenters. The number of hydrogen-bond donors (Lipinski definition) is 2. The maximum Gasteiger partial charge on any atom is 0.325 e. The fraction of sp³-hybridized carbons (Fsp3) is 0.273. The minimum atomic E-state index is -0.795. The molecule has 30 heavy (non-hydrogen) atoms. The maximum absolute atomic E-state index is 12.7. The minimum Gasteiger partial charge on any atom is -0.325 e. The number of benzene rings is 2. The van der Waals surface area contributed by atoms with Gasteiger partial charge >= 0.3 is 6.03 Å². The van der Waals surface area contributed by atoms with Crippen LogP contribution in [0.3, 0.4) is 0 Å². The lowest BCUT2D eigenvalue weighted by molar-refractivity contribution is -0.133. The van der Waals surface area contributed by atoms with E-state index in [9.17, 15) is 14.4 Å². The molecular weight excluding hydrogens is 400 g/mol. The van der Waals surface area contributed by atoms with E-state index in [4.69, 9.17) is 0 Å². The Morgan fingerprint density at radius 1 is 1.10 bits per heavy atom. The Bertz CT molecular complexity index is 1120. The highest BCUT2D eigenvalue weighted by Crippen LogP contribution is 2.35. The first-order valence-corrected chi connectivity index (χ1v) is 10.8. The summed E-state index contributed by atoms with van der Waals surface area (Å²) in [5.74, 6) is -0.687. The highest BCUT2D eigenvalue weighted by Gasteiger charge is 2.52. The number of anilines is 1. The Morgan fingerprint density at radius 2 is 1.83 bits per heavy atom. The molecule has 2 heterocycles. The first-order chi connectivity index (χ1) is 14.5. The Morgan fingerprint density at radius 3 is 2.57 bits per heavy atom. The van der Waals surface area contributed by atoms with Crippen molar-refractivity contribution >= 4 is 45.1 Å². The van der Waals surface area contributed by atoms with Gasteiger partial charge in [0.25, 0.3) is 5.91 Å². The fourth-order valence-corrected chi connectivity index (χ4v) is 5.14. The lowest BCUT2D eigenvalue weighted by atomic mass is 9.98. The van der Waals surface area contributed by atoms with Crippen LogP contribution in [0.5, 0.6) is 0 Å². The number of urea groups is 1. The van der Waals surface area contributed by atoms with Gasteiger partial charge in [-0.25, -0.2) is 9.78 Å². The van der Waals surface area contributed by atoms with Gasteiger partial charge in [-0.15, -0.1) is 11.3 Å². The number of hydrogen-bond acceptors (Lipinski definition) is 5. The van der Waals surface area contributed by atoms with E-state index in [1.54, 1.807) is 23.5 Å². The van der Waals surface area contributed by atoms with Crippen molar-refractivity contribution in [1.29, 1.82) is 0 Å². The summed E-state index contributed by atoms with van der Waals surface area (Å²) in [7, 11) is 0. The first kappa shape index (κ1) is 18.7. The van der Waals surface area contributed by atoms with Gasteiger partial charge < -0.3 is 10.6 Å². The van der Waals surface area contributed by atoms with Crippen LogP contribution >= 0.6 is 11.3 Å². The first-order valence-electron chi connectivity index (χ1n) is 9.94. The molecule has 2 aromatic carbocycles. The van der Waals surface area contributed by atoms with Crippen LogP contribution in [0.15, 0.2) is 48.5 Å². The third kappa shape index (κ3) is 3.23. The van der Waals surface area contributed by atoms with E-state index in [2.05, 4.69) is 15.6 Å². The van der Waals surface area contributed by atoms with Crippen LogP contribution in [0.25, 0.3) is 20.8 Å². The van der Waals surface area contributed by atoms with Crippen molar-refractivity contribution in [1.82, 2.24) is 15.2 Å². The molecule has 4 amide bonds. The number of carbonyl (C=O) groups excluding carboxylic acids is 3. The molecule has 1 spiro atoms. The van der Waals surface area contributed by atoms with Gasteiger partial charge in [0.15, 0.2) is 0 Å². The van der Waals surface area contributed by atoms with Crippen molar-refractivity contribution in [3.8, 4) is 10.6 Å². The van der Waals surface area contributed by atoms with Crippen LogP contribution in [-0.4, -0.2) is 39.8 Å². The molecule has 0 bridgehead atoms. The summed E-state index contributed by atoms with van der Waals surface area (Å²) in [5, 5.41) is 6.46. The van der Waals surface area contributed by atoms with Crippen molar-refractivity contribution in [2.24, 2.45) is 0 Å². The SMILES string of the molecule is O=C(CN1C(=O)NC2(CCCC2)C1=O)Nc1ccc(-c2nc3ccccc3s2)cc1. The Hall–Kier alpha value is -3.26. The summed E-state index contributed by atoms with van der Waals surface area (Å²) in [4.78, 5) is 43.0. The molecule has 0 unspecified atom stereocenters. The van der Waals surface area contributed by atoms with Crippen LogP contribution < -0.4 is 10.6 Å². The molecular formula is C22H20N4O3S. The lowest BCUT2D eigenvalue weighted by Gasteiger charge is -2.19. The highest BCUT2D eigenvalue weighted by molar-refractivity contribution is 7.21. The summed E-state index contributed by atoms with van der Waals surface area (Å²) >= 11 is 1.61. The lowest BCUT2D eigenvalue weighted by Crippen LogP contribution is -2.44. The summed E-state index contributed by atoms with van der Waals surface area (Å²) in [6.45, 7) is -0.286. The zero-order valence-electron chi connectivity index (χ0n) is 16.2. The van der Waals surface area contributed by atoms with Gasteiger partial charge in [-0.1, -0.05) is 25.0 Å².